The van der Waals surface area contributed by atoms with Crippen LogP contribution in [0.1, 0.15) is 45.1 Å². The van der Waals surface area contributed by atoms with Crippen LogP contribution in [-0.2, 0) is 17.1 Å². The number of aliphatic hydroxyl groups is 1. The fourth-order valence-corrected chi connectivity index (χ4v) is 6.46. The third-order valence-corrected chi connectivity index (χ3v) is 8.71. The Morgan fingerprint density at radius 2 is 1.94 bits per heavy atom. The summed E-state index contributed by atoms with van der Waals surface area (Å²) in [5.41, 5.74) is -0.674. The van der Waals surface area contributed by atoms with Crippen LogP contribution in [0.4, 0.5) is 5.95 Å². The van der Waals surface area contributed by atoms with E-state index in [1.807, 2.05) is 0 Å². The van der Waals surface area contributed by atoms with Gasteiger partial charge in [-0.2, -0.15) is 9.29 Å². The van der Waals surface area contributed by atoms with Gasteiger partial charge >= 0.3 is 0 Å². The summed E-state index contributed by atoms with van der Waals surface area (Å²) in [6, 6.07) is 2.84. The van der Waals surface area contributed by atoms with Crippen LogP contribution in [0.2, 0.25) is 0 Å². The fraction of sp³-hybridized carbons (Fsp3) is 0.545. The Bertz CT molecular complexity index is 1370. The van der Waals surface area contributed by atoms with Gasteiger partial charge in [-0.15, -0.1) is 0 Å². The number of nitrogens with one attached hydrogen (secondary N) is 1. The third-order valence-electron chi connectivity index (χ3n) is 6.93. The molecule has 34 heavy (non-hydrogen) atoms. The molecule has 0 amide bonds. The van der Waals surface area contributed by atoms with Crippen molar-refractivity contribution in [1.82, 2.24) is 28.4 Å². The predicted molar refractivity (Wildman–Crippen MR) is 126 cm³/mol. The molecule has 1 aliphatic carbocycles. The molecular weight excluding hydrogens is 458 g/mol. The third kappa shape index (κ3) is 4.10. The summed E-state index contributed by atoms with van der Waals surface area (Å²) in [6.45, 7) is 2.49. The van der Waals surface area contributed by atoms with Crippen LogP contribution in [0.15, 0.2) is 40.7 Å². The van der Waals surface area contributed by atoms with Gasteiger partial charge in [-0.05, 0) is 45.1 Å². The van der Waals surface area contributed by atoms with Gasteiger partial charge in [-0.1, -0.05) is 0 Å². The molecule has 1 saturated heterocycles. The average molecular weight is 488 g/mol. The lowest BCUT2D eigenvalue weighted by Gasteiger charge is -2.31. The van der Waals surface area contributed by atoms with Gasteiger partial charge in [0.25, 0.3) is 15.6 Å². The second-order valence-corrected chi connectivity index (χ2v) is 11.4. The van der Waals surface area contributed by atoms with Crippen LogP contribution in [0.5, 0.6) is 0 Å². The maximum atomic E-state index is 12.8. The lowest BCUT2D eigenvalue weighted by Crippen LogP contribution is -2.42. The summed E-state index contributed by atoms with van der Waals surface area (Å²) in [4.78, 5) is 25.8. The number of sulfonamides is 1. The zero-order valence-electron chi connectivity index (χ0n) is 19.3. The number of imidazole rings is 1. The van der Waals surface area contributed by atoms with E-state index >= 15 is 0 Å². The van der Waals surface area contributed by atoms with E-state index in [0.29, 0.717) is 50.4 Å². The number of fused-ring (bicyclic) bond motifs is 1. The van der Waals surface area contributed by atoms with Crippen LogP contribution in [-0.4, -0.2) is 66.6 Å². The minimum Gasteiger partial charge on any atom is -0.388 e. The van der Waals surface area contributed by atoms with Gasteiger partial charge in [-0.3, -0.25) is 9.36 Å². The fourth-order valence-electron chi connectivity index (χ4n) is 5.02. The van der Waals surface area contributed by atoms with Crippen LogP contribution >= 0.6 is 0 Å². The number of aromatic nitrogens is 5. The predicted octanol–water partition coefficient (Wildman–Crippen LogP) is 1.27. The minimum atomic E-state index is -3.62. The number of hydrogen-bond donors (Lipinski definition) is 2. The Balaban J connectivity index is 1.34. The quantitative estimate of drug-likeness (QED) is 0.549. The Labute approximate surface area is 197 Å². The first-order valence-electron chi connectivity index (χ1n) is 11.5. The van der Waals surface area contributed by atoms with Crippen LogP contribution in [0.3, 0.4) is 0 Å². The second kappa shape index (κ2) is 8.43. The number of rotatable bonds is 5. The van der Waals surface area contributed by atoms with E-state index < -0.39 is 15.6 Å². The highest BCUT2D eigenvalue weighted by atomic mass is 32.2. The standard InChI is InChI=1S/C22H29N7O4S/c1-22(31)9-3-4-17(22)29-19(30)6-5-15-12-23-21(26-20(15)29)25-16-7-10-28(11-8-16)34(32,33)18-13-27(2)14-24-18/h5-6,12-14,16-17,31H,3-4,7-11H2,1-2H3,(H,23,25,26)/t17-,22-/m1/s1. The van der Waals surface area contributed by atoms with Gasteiger partial charge < -0.3 is 15.0 Å². The van der Waals surface area contributed by atoms with Crippen LogP contribution in [0, 0.1) is 0 Å². The number of nitrogens with zero attached hydrogens (tertiary/aromatic N) is 6. The molecule has 2 atom stereocenters. The Hall–Kier alpha value is -2.83. The van der Waals surface area contributed by atoms with Crippen molar-refractivity contribution in [2.24, 2.45) is 7.05 Å². The molecule has 11 nitrogen and oxygen atoms in total. The van der Waals surface area contributed by atoms with E-state index in [1.54, 1.807) is 35.4 Å². The van der Waals surface area contributed by atoms with Gasteiger partial charge in [0, 0.05) is 50.0 Å². The number of piperidine rings is 1. The van der Waals surface area contributed by atoms with E-state index in [1.165, 1.54) is 22.9 Å². The molecule has 5 rings (SSSR count). The van der Waals surface area contributed by atoms with Gasteiger partial charge in [0.1, 0.15) is 5.65 Å². The molecule has 12 heteroatoms. The maximum absolute atomic E-state index is 12.8. The maximum Gasteiger partial charge on any atom is 0.262 e. The molecule has 3 aromatic heterocycles. The smallest absolute Gasteiger partial charge is 0.262 e. The van der Waals surface area contributed by atoms with Crippen molar-refractivity contribution < 1.29 is 13.5 Å². The molecule has 0 unspecified atom stereocenters. The first-order valence-corrected chi connectivity index (χ1v) is 12.9. The van der Waals surface area contributed by atoms with Crippen molar-refractivity contribution in [2.45, 2.75) is 61.7 Å². The lowest BCUT2D eigenvalue weighted by atomic mass is 10.00. The molecule has 0 spiro atoms. The van der Waals surface area contributed by atoms with E-state index in [4.69, 9.17) is 0 Å². The molecule has 0 aromatic carbocycles. The number of aryl methyl sites for hydroxylation is 1. The van der Waals surface area contributed by atoms with Gasteiger partial charge in [0.2, 0.25) is 5.95 Å². The molecule has 2 N–H and O–H groups in total. The van der Waals surface area contributed by atoms with E-state index in [2.05, 4.69) is 20.3 Å². The first kappa shape index (κ1) is 22.9. The molecule has 0 bridgehead atoms. The van der Waals surface area contributed by atoms with Crippen molar-refractivity contribution in [3.63, 3.8) is 0 Å². The Morgan fingerprint density at radius 1 is 1.18 bits per heavy atom. The first-order chi connectivity index (χ1) is 16.1. The molecule has 2 fully saturated rings. The summed E-state index contributed by atoms with van der Waals surface area (Å²) in [6.07, 6.45) is 8.02. The van der Waals surface area contributed by atoms with E-state index in [0.717, 1.165) is 11.8 Å². The monoisotopic (exact) mass is 487 g/mol. The zero-order valence-corrected chi connectivity index (χ0v) is 20.1. The topological polar surface area (TPSA) is 135 Å². The summed E-state index contributed by atoms with van der Waals surface area (Å²) < 4.78 is 30.3. The second-order valence-electron chi connectivity index (χ2n) is 9.48. The van der Waals surface area contributed by atoms with Gasteiger partial charge in [0.15, 0.2) is 5.03 Å². The lowest BCUT2D eigenvalue weighted by molar-refractivity contribution is 0.0267. The summed E-state index contributed by atoms with van der Waals surface area (Å²) >= 11 is 0. The van der Waals surface area contributed by atoms with Crippen molar-refractivity contribution in [3.05, 3.63) is 41.2 Å². The zero-order chi connectivity index (χ0) is 24.1. The van der Waals surface area contributed by atoms with E-state index in [9.17, 15) is 18.3 Å². The Kier molecular flexibility index (Phi) is 5.69. The Morgan fingerprint density at radius 3 is 2.59 bits per heavy atom. The number of pyridine rings is 1. The highest BCUT2D eigenvalue weighted by molar-refractivity contribution is 7.89. The van der Waals surface area contributed by atoms with Crippen molar-refractivity contribution >= 4 is 27.0 Å². The van der Waals surface area contributed by atoms with Crippen molar-refractivity contribution in [1.29, 1.82) is 0 Å². The SMILES string of the molecule is Cn1cnc(S(=O)(=O)N2CCC(Nc3ncc4ccc(=O)n([C@@H]5CCC[C@@]5(C)O)c4n3)CC2)c1. The largest absolute Gasteiger partial charge is 0.388 e. The molecule has 4 heterocycles. The molecule has 3 aromatic rings. The van der Waals surface area contributed by atoms with Crippen LogP contribution in [0.25, 0.3) is 11.0 Å². The summed E-state index contributed by atoms with van der Waals surface area (Å²) in [7, 11) is -1.88. The van der Waals surface area contributed by atoms with Crippen LogP contribution < -0.4 is 10.9 Å². The average Bonchev–Trinajstić information content (AvgIpc) is 3.39. The summed E-state index contributed by atoms with van der Waals surface area (Å²) in [5, 5.41) is 14.9. The number of anilines is 1. The van der Waals surface area contributed by atoms with Gasteiger partial charge in [-0.25, -0.2) is 18.4 Å². The molecule has 1 aliphatic heterocycles. The molecule has 182 valence electrons. The van der Waals surface area contributed by atoms with Gasteiger partial charge in [0.05, 0.1) is 18.0 Å². The summed E-state index contributed by atoms with van der Waals surface area (Å²) in [5.74, 6) is 0.385. The molecular formula is C22H29N7O4S. The van der Waals surface area contributed by atoms with E-state index in [-0.39, 0.29) is 22.7 Å². The molecule has 0 radical (unpaired) electrons. The molecule has 1 saturated carbocycles. The van der Waals surface area contributed by atoms with Crippen molar-refractivity contribution in [3.8, 4) is 0 Å². The highest BCUT2D eigenvalue weighted by Gasteiger charge is 2.39. The molecule has 2 aliphatic rings. The highest BCUT2D eigenvalue weighted by Crippen LogP contribution is 2.39. The van der Waals surface area contributed by atoms with Crippen molar-refractivity contribution in [2.75, 3.05) is 18.4 Å². The minimum absolute atomic E-state index is 0.00824. The normalized spacial score (nSPS) is 24.6. The number of hydrogen-bond acceptors (Lipinski definition) is 8.